The van der Waals surface area contributed by atoms with Crippen LogP contribution < -0.4 is 5.32 Å². The SMILES string of the molecule is Cc1cc(Br)ccc1NC(=O)CSc1nnnn1C1CCCC1. The van der Waals surface area contributed by atoms with Gasteiger partial charge in [0, 0.05) is 10.2 Å². The molecule has 1 aromatic heterocycles. The summed E-state index contributed by atoms with van der Waals surface area (Å²) < 4.78 is 2.87. The second-order valence-corrected chi connectivity index (χ2v) is 7.50. The predicted octanol–water partition coefficient (Wildman–Crippen LogP) is 3.59. The number of amides is 1. The number of hydrogen-bond acceptors (Lipinski definition) is 5. The molecule has 2 aromatic rings. The van der Waals surface area contributed by atoms with Crippen LogP contribution in [0.25, 0.3) is 0 Å². The number of nitrogens with one attached hydrogen (secondary N) is 1. The zero-order valence-electron chi connectivity index (χ0n) is 12.8. The Balaban J connectivity index is 1.58. The fraction of sp³-hybridized carbons (Fsp3) is 0.467. The van der Waals surface area contributed by atoms with Crippen molar-refractivity contribution in [1.82, 2.24) is 20.2 Å². The molecule has 0 unspecified atom stereocenters. The second kappa shape index (κ2) is 7.44. The minimum atomic E-state index is -0.0543. The van der Waals surface area contributed by atoms with Crippen molar-refractivity contribution >= 4 is 39.3 Å². The molecule has 1 aromatic carbocycles. The molecule has 1 aliphatic carbocycles. The number of tetrazole rings is 1. The Kier molecular flexibility index (Phi) is 5.32. The summed E-state index contributed by atoms with van der Waals surface area (Å²) in [5.41, 5.74) is 1.85. The van der Waals surface area contributed by atoms with E-state index in [9.17, 15) is 4.79 Å². The minimum Gasteiger partial charge on any atom is -0.325 e. The summed E-state index contributed by atoms with van der Waals surface area (Å²) in [7, 11) is 0. The Bertz CT molecular complexity index is 699. The van der Waals surface area contributed by atoms with Crippen LogP contribution in [0.1, 0.15) is 37.3 Å². The molecule has 6 nitrogen and oxygen atoms in total. The van der Waals surface area contributed by atoms with Gasteiger partial charge in [-0.3, -0.25) is 4.79 Å². The van der Waals surface area contributed by atoms with Crippen LogP contribution in [-0.2, 0) is 4.79 Å². The zero-order chi connectivity index (χ0) is 16.2. The highest BCUT2D eigenvalue weighted by Crippen LogP contribution is 2.31. The lowest BCUT2D eigenvalue weighted by Gasteiger charge is -2.11. The molecule has 1 heterocycles. The molecule has 0 bridgehead atoms. The highest BCUT2D eigenvalue weighted by molar-refractivity contribution is 9.10. The van der Waals surface area contributed by atoms with E-state index in [0.717, 1.165) is 33.7 Å². The maximum atomic E-state index is 12.2. The van der Waals surface area contributed by atoms with Crippen molar-refractivity contribution in [3.63, 3.8) is 0 Å². The number of benzene rings is 1. The van der Waals surface area contributed by atoms with Crippen molar-refractivity contribution in [3.05, 3.63) is 28.2 Å². The van der Waals surface area contributed by atoms with Crippen molar-refractivity contribution in [2.24, 2.45) is 0 Å². The summed E-state index contributed by atoms with van der Waals surface area (Å²) in [6.45, 7) is 1.97. The van der Waals surface area contributed by atoms with Crippen molar-refractivity contribution in [1.29, 1.82) is 0 Å². The highest BCUT2D eigenvalue weighted by Gasteiger charge is 2.22. The first-order valence-electron chi connectivity index (χ1n) is 7.60. The van der Waals surface area contributed by atoms with Gasteiger partial charge in [-0.2, -0.15) is 0 Å². The third kappa shape index (κ3) is 4.11. The molecule has 23 heavy (non-hydrogen) atoms. The molecule has 0 atom stereocenters. The van der Waals surface area contributed by atoms with Crippen LogP contribution in [0.2, 0.25) is 0 Å². The average molecular weight is 396 g/mol. The first-order valence-corrected chi connectivity index (χ1v) is 9.38. The smallest absolute Gasteiger partial charge is 0.234 e. The lowest BCUT2D eigenvalue weighted by Crippen LogP contribution is -2.16. The molecule has 3 rings (SSSR count). The van der Waals surface area contributed by atoms with Crippen molar-refractivity contribution in [2.45, 2.75) is 43.8 Å². The summed E-state index contributed by atoms with van der Waals surface area (Å²) in [6, 6.07) is 6.16. The molecule has 122 valence electrons. The van der Waals surface area contributed by atoms with E-state index in [1.807, 2.05) is 29.8 Å². The Morgan fingerprint density at radius 1 is 1.43 bits per heavy atom. The molecule has 0 saturated heterocycles. The molecule has 0 aliphatic heterocycles. The van der Waals surface area contributed by atoms with Crippen LogP contribution in [0.15, 0.2) is 27.8 Å². The van der Waals surface area contributed by atoms with E-state index in [0.29, 0.717) is 11.8 Å². The van der Waals surface area contributed by atoms with Crippen molar-refractivity contribution in [3.8, 4) is 0 Å². The van der Waals surface area contributed by atoms with Gasteiger partial charge >= 0.3 is 0 Å². The number of anilines is 1. The van der Waals surface area contributed by atoms with Gasteiger partial charge in [0.2, 0.25) is 11.1 Å². The van der Waals surface area contributed by atoms with E-state index in [1.54, 1.807) is 0 Å². The number of nitrogens with zero attached hydrogens (tertiary/aromatic N) is 4. The standard InChI is InChI=1S/C15H18BrN5OS/c1-10-8-11(16)6-7-13(10)17-14(22)9-23-15-18-19-20-21(15)12-4-2-3-5-12/h6-8,12H,2-5,9H2,1H3,(H,17,22). The van der Waals surface area contributed by atoms with E-state index < -0.39 is 0 Å². The second-order valence-electron chi connectivity index (χ2n) is 5.64. The molecule has 1 aliphatic rings. The van der Waals surface area contributed by atoms with Gasteiger partial charge in [0.15, 0.2) is 0 Å². The van der Waals surface area contributed by atoms with E-state index in [2.05, 4.69) is 36.8 Å². The Morgan fingerprint density at radius 2 is 2.22 bits per heavy atom. The Morgan fingerprint density at radius 3 is 2.96 bits per heavy atom. The maximum Gasteiger partial charge on any atom is 0.234 e. The molecule has 1 amide bonds. The molecule has 1 fully saturated rings. The van der Waals surface area contributed by atoms with Crippen LogP contribution >= 0.6 is 27.7 Å². The molecule has 0 radical (unpaired) electrons. The number of rotatable bonds is 5. The fourth-order valence-corrected chi connectivity index (χ4v) is 3.96. The highest BCUT2D eigenvalue weighted by atomic mass is 79.9. The first-order chi connectivity index (χ1) is 11.1. The summed E-state index contributed by atoms with van der Waals surface area (Å²) in [5.74, 6) is 0.240. The Hall–Kier alpha value is -1.41. The van der Waals surface area contributed by atoms with E-state index in [1.165, 1.54) is 24.6 Å². The topological polar surface area (TPSA) is 72.7 Å². The lowest BCUT2D eigenvalue weighted by molar-refractivity contribution is -0.113. The average Bonchev–Trinajstić information content (AvgIpc) is 3.18. The molecule has 1 N–H and O–H groups in total. The zero-order valence-corrected chi connectivity index (χ0v) is 15.2. The number of hydrogen-bond donors (Lipinski definition) is 1. The van der Waals surface area contributed by atoms with Crippen LogP contribution in [0.4, 0.5) is 5.69 Å². The number of halogens is 1. The number of carbonyl (C=O) groups is 1. The monoisotopic (exact) mass is 395 g/mol. The lowest BCUT2D eigenvalue weighted by atomic mass is 10.2. The summed E-state index contributed by atoms with van der Waals surface area (Å²) in [5, 5.41) is 15.5. The number of carbonyl (C=O) groups excluding carboxylic acids is 1. The van der Waals surface area contributed by atoms with Crippen LogP contribution in [0.5, 0.6) is 0 Å². The van der Waals surface area contributed by atoms with Crippen LogP contribution in [0, 0.1) is 6.92 Å². The summed E-state index contributed by atoms with van der Waals surface area (Å²) in [4.78, 5) is 12.2. The number of aromatic nitrogens is 4. The van der Waals surface area contributed by atoms with Gasteiger partial charge in [0.05, 0.1) is 11.8 Å². The number of aryl methyl sites for hydroxylation is 1. The minimum absolute atomic E-state index is 0.0543. The van der Waals surface area contributed by atoms with Gasteiger partial charge in [0.1, 0.15) is 0 Å². The maximum absolute atomic E-state index is 12.2. The predicted molar refractivity (Wildman–Crippen MR) is 93.6 cm³/mol. The molecule has 1 saturated carbocycles. The quantitative estimate of drug-likeness (QED) is 0.782. The molecule has 8 heteroatoms. The Labute approximate surface area is 147 Å². The van der Waals surface area contributed by atoms with Crippen molar-refractivity contribution < 1.29 is 4.79 Å². The van der Waals surface area contributed by atoms with Gasteiger partial charge in [-0.25, -0.2) is 4.68 Å². The van der Waals surface area contributed by atoms with E-state index in [4.69, 9.17) is 0 Å². The van der Waals surface area contributed by atoms with Crippen LogP contribution in [0.3, 0.4) is 0 Å². The van der Waals surface area contributed by atoms with Crippen LogP contribution in [-0.4, -0.2) is 31.9 Å². The molecule has 0 spiro atoms. The van der Waals surface area contributed by atoms with Gasteiger partial charge in [-0.15, -0.1) is 5.10 Å². The van der Waals surface area contributed by atoms with E-state index in [-0.39, 0.29) is 5.91 Å². The third-order valence-electron chi connectivity index (χ3n) is 3.93. The number of thioether (sulfide) groups is 1. The normalized spacial score (nSPS) is 15.0. The molecular formula is C15H18BrN5OS. The van der Waals surface area contributed by atoms with Gasteiger partial charge in [0.25, 0.3) is 0 Å². The first kappa shape index (κ1) is 16.4. The van der Waals surface area contributed by atoms with Gasteiger partial charge < -0.3 is 5.32 Å². The summed E-state index contributed by atoms with van der Waals surface area (Å²) >= 11 is 4.80. The largest absolute Gasteiger partial charge is 0.325 e. The van der Waals surface area contributed by atoms with Gasteiger partial charge in [-0.05, 0) is 54.0 Å². The van der Waals surface area contributed by atoms with Crippen molar-refractivity contribution in [2.75, 3.05) is 11.1 Å². The molecular weight excluding hydrogens is 378 g/mol. The third-order valence-corrected chi connectivity index (χ3v) is 5.35. The van der Waals surface area contributed by atoms with E-state index >= 15 is 0 Å². The fourth-order valence-electron chi connectivity index (χ4n) is 2.74. The van der Waals surface area contributed by atoms with Gasteiger partial charge in [-0.1, -0.05) is 40.5 Å². The summed E-state index contributed by atoms with van der Waals surface area (Å²) in [6.07, 6.45) is 4.67.